The molecule has 1 unspecified atom stereocenters. The molecule has 1 atom stereocenters. The van der Waals surface area contributed by atoms with Crippen molar-refractivity contribution in [1.29, 1.82) is 0 Å². The predicted molar refractivity (Wildman–Crippen MR) is 56.8 cm³/mol. The predicted octanol–water partition coefficient (Wildman–Crippen LogP) is 1.81. The van der Waals surface area contributed by atoms with E-state index in [2.05, 4.69) is 34.0 Å². The summed E-state index contributed by atoms with van der Waals surface area (Å²) in [4.78, 5) is 4.16. The van der Waals surface area contributed by atoms with E-state index in [1.165, 1.54) is 0 Å². The summed E-state index contributed by atoms with van der Waals surface area (Å²) in [5.41, 5.74) is 0. The van der Waals surface area contributed by atoms with Crippen LogP contribution >= 0.6 is 0 Å². The highest BCUT2D eigenvalue weighted by atomic mass is 15.2. The smallest absolute Gasteiger partial charge is 0.141 e. The number of H-pyrrole nitrogens is 1. The van der Waals surface area contributed by atoms with Crippen molar-refractivity contribution < 1.29 is 0 Å². The van der Waals surface area contributed by atoms with Crippen LogP contribution in [0.5, 0.6) is 0 Å². The molecule has 0 fully saturated rings. The number of aromatic nitrogens is 3. The van der Waals surface area contributed by atoms with Gasteiger partial charge in [-0.05, 0) is 25.8 Å². The van der Waals surface area contributed by atoms with Crippen molar-refractivity contribution in [2.45, 2.75) is 32.2 Å². The Labute approximate surface area is 84.8 Å². The zero-order chi connectivity index (χ0) is 10.2. The van der Waals surface area contributed by atoms with Crippen LogP contribution in [0.3, 0.4) is 0 Å². The van der Waals surface area contributed by atoms with Gasteiger partial charge in [0.15, 0.2) is 0 Å². The van der Waals surface area contributed by atoms with E-state index < -0.39 is 0 Å². The van der Waals surface area contributed by atoms with Crippen LogP contribution in [0.4, 0.5) is 0 Å². The molecule has 4 heteroatoms. The molecule has 2 N–H and O–H groups in total. The van der Waals surface area contributed by atoms with Gasteiger partial charge in [-0.15, -0.1) is 6.58 Å². The maximum Gasteiger partial charge on any atom is 0.141 e. The minimum Gasteiger partial charge on any atom is -0.307 e. The Balaban J connectivity index is 2.48. The summed E-state index contributed by atoms with van der Waals surface area (Å²) >= 11 is 0. The fraction of sp³-hybridized carbons (Fsp3) is 0.600. The van der Waals surface area contributed by atoms with E-state index in [4.69, 9.17) is 0 Å². The van der Waals surface area contributed by atoms with Crippen LogP contribution in [0, 0.1) is 0 Å². The highest BCUT2D eigenvalue weighted by molar-refractivity contribution is 4.92. The van der Waals surface area contributed by atoms with E-state index in [0.717, 1.165) is 31.6 Å². The lowest BCUT2D eigenvalue weighted by Crippen LogP contribution is -2.23. The van der Waals surface area contributed by atoms with Gasteiger partial charge < -0.3 is 5.32 Å². The number of nitrogens with one attached hydrogen (secondary N) is 2. The Hall–Kier alpha value is -1.16. The molecule has 0 aliphatic carbocycles. The molecule has 1 rings (SSSR count). The third-order valence-electron chi connectivity index (χ3n) is 2.06. The second kappa shape index (κ2) is 6.32. The summed E-state index contributed by atoms with van der Waals surface area (Å²) in [5.74, 6) is 0.917. The van der Waals surface area contributed by atoms with E-state index in [1.807, 2.05) is 6.08 Å². The van der Waals surface area contributed by atoms with Gasteiger partial charge in [-0.25, -0.2) is 4.98 Å². The molecule has 0 aromatic carbocycles. The number of aromatic amines is 1. The van der Waals surface area contributed by atoms with Gasteiger partial charge in [0.1, 0.15) is 12.2 Å². The molecular formula is C10H18N4. The van der Waals surface area contributed by atoms with Crippen LogP contribution in [0.25, 0.3) is 0 Å². The molecule has 0 saturated heterocycles. The van der Waals surface area contributed by atoms with Crippen molar-refractivity contribution in [2.24, 2.45) is 0 Å². The highest BCUT2D eigenvalue weighted by Crippen LogP contribution is 2.13. The van der Waals surface area contributed by atoms with Gasteiger partial charge in [-0.1, -0.05) is 13.0 Å². The first kappa shape index (κ1) is 10.9. The van der Waals surface area contributed by atoms with Gasteiger partial charge in [-0.3, -0.25) is 5.10 Å². The molecule has 0 aliphatic heterocycles. The van der Waals surface area contributed by atoms with Gasteiger partial charge in [-0.2, -0.15) is 5.10 Å². The fourth-order valence-corrected chi connectivity index (χ4v) is 1.32. The topological polar surface area (TPSA) is 53.6 Å². The molecule has 1 heterocycles. The van der Waals surface area contributed by atoms with Gasteiger partial charge in [0, 0.05) is 0 Å². The lowest BCUT2D eigenvalue weighted by Gasteiger charge is -2.14. The quantitative estimate of drug-likeness (QED) is 0.651. The Kier molecular flexibility index (Phi) is 4.93. The lowest BCUT2D eigenvalue weighted by atomic mass is 10.1. The average molecular weight is 194 g/mol. The largest absolute Gasteiger partial charge is 0.307 e. The van der Waals surface area contributed by atoms with Crippen LogP contribution in [0.1, 0.15) is 38.1 Å². The Morgan fingerprint density at radius 1 is 1.71 bits per heavy atom. The molecule has 78 valence electrons. The number of rotatable bonds is 7. The molecule has 1 aromatic heterocycles. The lowest BCUT2D eigenvalue weighted by molar-refractivity contribution is 0.481. The molecule has 1 aromatic rings. The summed E-state index contributed by atoms with van der Waals surface area (Å²) in [7, 11) is 0. The molecule has 0 bridgehead atoms. The zero-order valence-electron chi connectivity index (χ0n) is 8.66. The van der Waals surface area contributed by atoms with Crippen molar-refractivity contribution in [1.82, 2.24) is 20.5 Å². The van der Waals surface area contributed by atoms with Crippen molar-refractivity contribution in [3.8, 4) is 0 Å². The molecule has 0 saturated carbocycles. The number of hydrogen-bond acceptors (Lipinski definition) is 3. The summed E-state index contributed by atoms with van der Waals surface area (Å²) in [6.45, 7) is 6.87. The first-order valence-electron chi connectivity index (χ1n) is 5.08. The highest BCUT2D eigenvalue weighted by Gasteiger charge is 2.11. The maximum atomic E-state index is 4.16. The average Bonchev–Trinajstić information content (AvgIpc) is 2.71. The van der Waals surface area contributed by atoms with Crippen LogP contribution < -0.4 is 5.32 Å². The number of hydrogen-bond donors (Lipinski definition) is 2. The Morgan fingerprint density at radius 3 is 3.14 bits per heavy atom. The zero-order valence-corrected chi connectivity index (χ0v) is 8.66. The van der Waals surface area contributed by atoms with Crippen molar-refractivity contribution in [3.63, 3.8) is 0 Å². The normalized spacial score (nSPS) is 12.6. The summed E-state index contributed by atoms with van der Waals surface area (Å²) in [6, 6.07) is 0.274. The van der Waals surface area contributed by atoms with Crippen molar-refractivity contribution in [3.05, 3.63) is 24.8 Å². The molecule has 0 aliphatic rings. The van der Waals surface area contributed by atoms with E-state index in [9.17, 15) is 0 Å². The molecule has 4 nitrogen and oxygen atoms in total. The third kappa shape index (κ3) is 3.30. The van der Waals surface area contributed by atoms with E-state index in [-0.39, 0.29) is 6.04 Å². The molecule has 0 radical (unpaired) electrons. The van der Waals surface area contributed by atoms with Gasteiger partial charge >= 0.3 is 0 Å². The first-order valence-corrected chi connectivity index (χ1v) is 5.08. The van der Waals surface area contributed by atoms with Crippen LogP contribution in [-0.4, -0.2) is 21.7 Å². The van der Waals surface area contributed by atoms with Crippen LogP contribution in [0.15, 0.2) is 19.0 Å². The van der Waals surface area contributed by atoms with Gasteiger partial charge in [0.25, 0.3) is 0 Å². The van der Waals surface area contributed by atoms with Crippen LogP contribution in [0.2, 0.25) is 0 Å². The Morgan fingerprint density at radius 2 is 2.57 bits per heavy atom. The van der Waals surface area contributed by atoms with E-state index >= 15 is 0 Å². The van der Waals surface area contributed by atoms with Crippen molar-refractivity contribution in [2.75, 3.05) is 6.54 Å². The van der Waals surface area contributed by atoms with Gasteiger partial charge in [0.05, 0.1) is 6.04 Å². The van der Waals surface area contributed by atoms with Crippen LogP contribution in [-0.2, 0) is 0 Å². The molecule has 0 spiro atoms. The SMILES string of the molecule is C=CCCC(NCCC)c1ncn[nH]1. The second-order valence-electron chi connectivity index (χ2n) is 3.24. The number of nitrogens with zero attached hydrogens (tertiary/aromatic N) is 2. The summed E-state index contributed by atoms with van der Waals surface area (Å²) < 4.78 is 0. The molecule has 14 heavy (non-hydrogen) atoms. The minimum atomic E-state index is 0.274. The standard InChI is InChI=1S/C10H18N4/c1-3-5-6-9(11-7-4-2)10-12-8-13-14-10/h3,8-9,11H,1,4-7H2,2H3,(H,12,13,14). The third-order valence-corrected chi connectivity index (χ3v) is 2.06. The Bertz CT molecular complexity index is 243. The van der Waals surface area contributed by atoms with Gasteiger partial charge in [0.2, 0.25) is 0 Å². The fourth-order valence-electron chi connectivity index (χ4n) is 1.32. The van der Waals surface area contributed by atoms with Crippen molar-refractivity contribution >= 4 is 0 Å². The monoisotopic (exact) mass is 194 g/mol. The second-order valence-corrected chi connectivity index (χ2v) is 3.24. The van der Waals surface area contributed by atoms with E-state index in [1.54, 1.807) is 6.33 Å². The number of allylic oxidation sites excluding steroid dienone is 1. The van der Waals surface area contributed by atoms with E-state index in [0.29, 0.717) is 0 Å². The summed E-state index contributed by atoms with van der Waals surface area (Å²) in [5, 5.41) is 10.2. The maximum absolute atomic E-state index is 4.16. The molecular weight excluding hydrogens is 176 g/mol. The molecule has 0 amide bonds. The summed E-state index contributed by atoms with van der Waals surface area (Å²) in [6.07, 6.45) is 6.60. The first-order chi connectivity index (χ1) is 6.88. The minimum absolute atomic E-state index is 0.274.